The van der Waals surface area contributed by atoms with E-state index in [4.69, 9.17) is 15.8 Å². The van der Waals surface area contributed by atoms with Crippen molar-refractivity contribution in [1.82, 2.24) is 14.6 Å². The maximum absolute atomic E-state index is 6.61. The second-order valence-corrected chi connectivity index (χ2v) is 9.02. The van der Waals surface area contributed by atoms with Crippen molar-refractivity contribution < 1.29 is 0 Å². The molecule has 1 fully saturated rings. The van der Waals surface area contributed by atoms with Gasteiger partial charge in [0.25, 0.3) is 0 Å². The third kappa shape index (κ3) is 3.28. The normalized spacial score (nSPS) is 19.5. The van der Waals surface area contributed by atoms with Crippen LogP contribution in [0.25, 0.3) is 33.6 Å². The number of nitrogens with two attached hydrogens (primary N) is 1. The van der Waals surface area contributed by atoms with Gasteiger partial charge in [-0.05, 0) is 42.7 Å². The standard InChI is InChI=1S/C28H26N4/c29-28(16-7-17-28)23-14-12-22(13-15-23)27-24(20-8-3-1-4-9-20)19-32-26(30-27)18-25(31-32)21-10-5-2-6-11-21/h1-6,8-14,18-19,23H,7,15-17,29H2. The van der Waals surface area contributed by atoms with Crippen LogP contribution in [0.4, 0.5) is 0 Å². The first kappa shape index (κ1) is 19.2. The fourth-order valence-corrected chi connectivity index (χ4v) is 4.90. The Balaban J connectivity index is 1.45. The highest BCUT2D eigenvalue weighted by Crippen LogP contribution is 2.41. The molecule has 0 saturated heterocycles. The second-order valence-electron chi connectivity index (χ2n) is 9.02. The molecule has 0 bridgehead atoms. The van der Waals surface area contributed by atoms with Gasteiger partial charge >= 0.3 is 0 Å². The molecule has 2 aromatic carbocycles. The number of hydrogen-bond donors (Lipinski definition) is 1. The van der Waals surface area contributed by atoms with E-state index in [1.807, 2.05) is 28.8 Å². The first-order valence-electron chi connectivity index (χ1n) is 11.4. The number of benzene rings is 2. The molecule has 4 nitrogen and oxygen atoms in total. The monoisotopic (exact) mass is 418 g/mol. The zero-order valence-corrected chi connectivity index (χ0v) is 18.0. The number of allylic oxidation sites excluding steroid dienone is 3. The quantitative estimate of drug-likeness (QED) is 0.449. The highest BCUT2D eigenvalue weighted by Gasteiger charge is 2.39. The summed E-state index contributed by atoms with van der Waals surface area (Å²) in [5, 5.41) is 4.82. The predicted molar refractivity (Wildman–Crippen MR) is 130 cm³/mol. The van der Waals surface area contributed by atoms with E-state index in [0.29, 0.717) is 5.92 Å². The lowest BCUT2D eigenvalue weighted by Gasteiger charge is -2.44. The Morgan fingerprint density at radius 3 is 2.28 bits per heavy atom. The second kappa shape index (κ2) is 7.57. The third-order valence-corrected chi connectivity index (χ3v) is 7.00. The van der Waals surface area contributed by atoms with Gasteiger partial charge in [-0.3, -0.25) is 0 Å². The number of nitrogens with zero attached hydrogens (tertiary/aromatic N) is 3. The van der Waals surface area contributed by atoms with Crippen LogP contribution in [0, 0.1) is 5.92 Å². The molecule has 1 unspecified atom stereocenters. The molecule has 32 heavy (non-hydrogen) atoms. The van der Waals surface area contributed by atoms with Crippen LogP contribution in [0.2, 0.25) is 0 Å². The lowest BCUT2D eigenvalue weighted by atomic mass is 9.66. The van der Waals surface area contributed by atoms with Crippen LogP contribution in [0.1, 0.15) is 31.4 Å². The fraction of sp³-hybridized carbons (Fsp3) is 0.214. The molecule has 0 amide bonds. The molecule has 0 radical (unpaired) electrons. The highest BCUT2D eigenvalue weighted by atomic mass is 15.2. The molecule has 0 spiro atoms. The van der Waals surface area contributed by atoms with Crippen LogP contribution < -0.4 is 5.73 Å². The molecule has 4 aromatic rings. The zero-order valence-electron chi connectivity index (χ0n) is 18.0. The van der Waals surface area contributed by atoms with Gasteiger partial charge in [0.15, 0.2) is 5.65 Å². The Kier molecular flexibility index (Phi) is 4.54. The third-order valence-electron chi connectivity index (χ3n) is 7.00. The van der Waals surface area contributed by atoms with Gasteiger partial charge in [0.05, 0.1) is 11.4 Å². The first-order valence-corrected chi connectivity index (χ1v) is 11.4. The number of hydrogen-bond acceptors (Lipinski definition) is 3. The van der Waals surface area contributed by atoms with Crippen LogP contribution in [-0.4, -0.2) is 20.1 Å². The Bertz CT molecular complexity index is 1330. The molecule has 0 aliphatic heterocycles. The summed E-state index contributed by atoms with van der Waals surface area (Å²) in [7, 11) is 0. The van der Waals surface area contributed by atoms with Crippen molar-refractivity contribution in [2.45, 2.75) is 31.2 Å². The first-order chi connectivity index (χ1) is 15.7. The fourth-order valence-electron chi connectivity index (χ4n) is 4.90. The molecule has 1 atom stereocenters. The van der Waals surface area contributed by atoms with Gasteiger partial charge in [0.1, 0.15) is 0 Å². The summed E-state index contributed by atoms with van der Waals surface area (Å²) >= 11 is 0. The molecule has 1 saturated carbocycles. The smallest absolute Gasteiger partial charge is 0.156 e. The van der Waals surface area contributed by atoms with Crippen molar-refractivity contribution in [1.29, 1.82) is 0 Å². The molecular weight excluding hydrogens is 392 g/mol. The summed E-state index contributed by atoms with van der Waals surface area (Å²) in [4.78, 5) is 5.09. The average molecular weight is 419 g/mol. The summed E-state index contributed by atoms with van der Waals surface area (Å²) in [5.41, 5.74) is 13.8. The lowest BCUT2D eigenvalue weighted by Crippen LogP contribution is -2.52. The molecule has 2 heterocycles. The Labute approximate surface area is 188 Å². The van der Waals surface area contributed by atoms with E-state index in [2.05, 4.69) is 66.9 Å². The van der Waals surface area contributed by atoms with Crippen LogP contribution in [0.5, 0.6) is 0 Å². The molecule has 2 aromatic heterocycles. The van der Waals surface area contributed by atoms with Crippen molar-refractivity contribution in [3.8, 4) is 22.4 Å². The van der Waals surface area contributed by atoms with Gasteiger partial charge in [-0.1, -0.05) is 78.9 Å². The number of fused-ring (bicyclic) bond motifs is 1. The maximum Gasteiger partial charge on any atom is 0.156 e. The van der Waals surface area contributed by atoms with Crippen LogP contribution >= 0.6 is 0 Å². The minimum atomic E-state index is -0.0196. The highest BCUT2D eigenvalue weighted by molar-refractivity contribution is 5.85. The van der Waals surface area contributed by atoms with E-state index in [-0.39, 0.29) is 5.54 Å². The largest absolute Gasteiger partial charge is 0.325 e. The average Bonchev–Trinajstić information content (AvgIpc) is 3.26. The van der Waals surface area contributed by atoms with Crippen LogP contribution in [0.3, 0.4) is 0 Å². The van der Waals surface area contributed by atoms with Gasteiger partial charge in [-0.25, -0.2) is 9.50 Å². The molecule has 2 aliphatic carbocycles. The molecular formula is C28H26N4. The topological polar surface area (TPSA) is 56.2 Å². The minimum absolute atomic E-state index is 0.0196. The molecule has 2 aliphatic rings. The summed E-state index contributed by atoms with van der Waals surface area (Å²) in [6.45, 7) is 0. The molecule has 2 N–H and O–H groups in total. The molecule has 4 heteroatoms. The van der Waals surface area contributed by atoms with E-state index < -0.39 is 0 Å². The van der Waals surface area contributed by atoms with E-state index in [1.54, 1.807) is 0 Å². The summed E-state index contributed by atoms with van der Waals surface area (Å²) < 4.78 is 1.90. The van der Waals surface area contributed by atoms with E-state index in [9.17, 15) is 0 Å². The summed E-state index contributed by atoms with van der Waals surface area (Å²) in [6.07, 6.45) is 13.4. The molecule has 6 rings (SSSR count). The summed E-state index contributed by atoms with van der Waals surface area (Å²) in [5.74, 6) is 0.420. The predicted octanol–water partition coefficient (Wildman–Crippen LogP) is 5.90. The molecule has 158 valence electrons. The van der Waals surface area contributed by atoms with Gasteiger partial charge < -0.3 is 5.73 Å². The maximum atomic E-state index is 6.61. The Hall–Kier alpha value is -3.50. The minimum Gasteiger partial charge on any atom is -0.325 e. The van der Waals surface area contributed by atoms with E-state index >= 15 is 0 Å². The van der Waals surface area contributed by atoms with Gasteiger partial charge in [-0.2, -0.15) is 5.10 Å². The van der Waals surface area contributed by atoms with E-state index in [0.717, 1.165) is 58.6 Å². The number of rotatable bonds is 4. The van der Waals surface area contributed by atoms with Gasteiger partial charge in [0, 0.05) is 28.9 Å². The van der Waals surface area contributed by atoms with Crippen molar-refractivity contribution in [2.75, 3.05) is 0 Å². The van der Waals surface area contributed by atoms with Crippen molar-refractivity contribution in [3.63, 3.8) is 0 Å². The van der Waals surface area contributed by atoms with Gasteiger partial charge in [-0.15, -0.1) is 0 Å². The summed E-state index contributed by atoms with van der Waals surface area (Å²) in [6, 6.07) is 22.8. The Morgan fingerprint density at radius 2 is 1.66 bits per heavy atom. The van der Waals surface area contributed by atoms with Crippen molar-refractivity contribution in [3.05, 3.63) is 96.8 Å². The van der Waals surface area contributed by atoms with Crippen LogP contribution in [-0.2, 0) is 0 Å². The van der Waals surface area contributed by atoms with Crippen molar-refractivity contribution >= 4 is 11.2 Å². The zero-order chi connectivity index (χ0) is 21.5. The van der Waals surface area contributed by atoms with Crippen molar-refractivity contribution in [2.24, 2.45) is 11.7 Å². The number of aromatic nitrogens is 3. The van der Waals surface area contributed by atoms with Gasteiger partial charge in [0.2, 0.25) is 0 Å². The van der Waals surface area contributed by atoms with Crippen LogP contribution in [0.15, 0.2) is 91.2 Å². The Morgan fingerprint density at radius 1 is 0.938 bits per heavy atom. The SMILES string of the molecule is NC1(C2C=CC(c3nc4cc(-c5ccccc5)nn4cc3-c3ccccc3)=CC2)CCC1. The van der Waals surface area contributed by atoms with E-state index in [1.165, 1.54) is 6.42 Å². The lowest BCUT2D eigenvalue weighted by molar-refractivity contribution is 0.183.